The lowest BCUT2D eigenvalue weighted by atomic mass is 10.2. The molecule has 0 fully saturated rings. The van der Waals surface area contributed by atoms with Gasteiger partial charge in [0.25, 0.3) is 0 Å². The summed E-state index contributed by atoms with van der Waals surface area (Å²) < 4.78 is 5.59. The van der Waals surface area contributed by atoms with Gasteiger partial charge in [0.15, 0.2) is 0 Å². The molecule has 0 saturated carbocycles. The molecule has 2 heterocycles. The summed E-state index contributed by atoms with van der Waals surface area (Å²) in [6, 6.07) is 11.0. The number of aromatic nitrogens is 3. The highest BCUT2D eigenvalue weighted by Crippen LogP contribution is 2.24. The molecule has 2 aromatic heterocycles. The third kappa shape index (κ3) is 1.93. The van der Waals surface area contributed by atoms with E-state index in [-0.39, 0.29) is 0 Å². The van der Waals surface area contributed by atoms with Crippen LogP contribution in [0.1, 0.15) is 0 Å². The maximum atomic E-state index is 5.71. The normalized spacial score (nSPS) is 10.4. The van der Waals surface area contributed by atoms with Crippen LogP contribution in [0, 0.1) is 0 Å². The Bertz CT molecular complexity index is 664. The van der Waals surface area contributed by atoms with Crippen molar-refractivity contribution in [2.75, 3.05) is 5.73 Å². The highest BCUT2D eigenvalue weighted by Gasteiger charge is 2.10. The number of nitrogen functional groups attached to an aromatic ring is 1. The average molecular weight is 238 g/mol. The van der Waals surface area contributed by atoms with Gasteiger partial charge in [0, 0.05) is 23.6 Å². The standard InChI is InChI=1S/C13H10N4O/c14-11-5-1-3-9(7-11)12-16-17-13(18-12)10-4-2-6-15-8-10/h1-8H,14H2. The molecule has 5 heteroatoms. The van der Waals surface area contributed by atoms with Crippen molar-refractivity contribution in [1.82, 2.24) is 15.2 Å². The van der Waals surface area contributed by atoms with E-state index >= 15 is 0 Å². The molecule has 18 heavy (non-hydrogen) atoms. The molecule has 0 aliphatic carbocycles. The van der Waals surface area contributed by atoms with Crippen LogP contribution in [0.5, 0.6) is 0 Å². The number of hydrogen-bond donors (Lipinski definition) is 1. The van der Waals surface area contributed by atoms with Crippen molar-refractivity contribution in [2.45, 2.75) is 0 Å². The molecule has 0 aliphatic rings. The van der Waals surface area contributed by atoms with Gasteiger partial charge in [-0.1, -0.05) is 6.07 Å². The van der Waals surface area contributed by atoms with Crippen molar-refractivity contribution in [2.24, 2.45) is 0 Å². The number of anilines is 1. The molecule has 0 amide bonds. The Balaban J connectivity index is 2.00. The molecule has 0 atom stereocenters. The molecule has 0 spiro atoms. The summed E-state index contributed by atoms with van der Waals surface area (Å²) in [5.41, 5.74) is 7.97. The van der Waals surface area contributed by atoms with E-state index in [1.165, 1.54) is 0 Å². The minimum atomic E-state index is 0.445. The van der Waals surface area contributed by atoms with E-state index in [0.717, 1.165) is 11.1 Å². The average Bonchev–Trinajstić information content (AvgIpc) is 2.89. The zero-order valence-electron chi connectivity index (χ0n) is 9.45. The third-order valence-electron chi connectivity index (χ3n) is 2.47. The Morgan fingerprint density at radius 2 is 1.72 bits per heavy atom. The van der Waals surface area contributed by atoms with E-state index in [2.05, 4.69) is 15.2 Å². The Labute approximate surface area is 103 Å². The summed E-state index contributed by atoms with van der Waals surface area (Å²) in [5.74, 6) is 0.890. The van der Waals surface area contributed by atoms with E-state index in [9.17, 15) is 0 Å². The largest absolute Gasteiger partial charge is 0.416 e. The van der Waals surface area contributed by atoms with Crippen LogP contribution in [-0.2, 0) is 0 Å². The lowest BCUT2D eigenvalue weighted by Crippen LogP contribution is -1.84. The van der Waals surface area contributed by atoms with E-state index in [0.29, 0.717) is 17.5 Å². The van der Waals surface area contributed by atoms with E-state index < -0.39 is 0 Å². The van der Waals surface area contributed by atoms with Crippen LogP contribution in [0.25, 0.3) is 22.9 Å². The molecule has 0 saturated heterocycles. The Morgan fingerprint density at radius 1 is 0.944 bits per heavy atom. The smallest absolute Gasteiger partial charge is 0.249 e. The predicted molar refractivity (Wildman–Crippen MR) is 67.4 cm³/mol. The van der Waals surface area contributed by atoms with Gasteiger partial charge < -0.3 is 10.2 Å². The van der Waals surface area contributed by atoms with Crippen LogP contribution in [0.4, 0.5) is 5.69 Å². The molecule has 0 radical (unpaired) electrons. The van der Waals surface area contributed by atoms with Crippen molar-refractivity contribution in [3.8, 4) is 22.9 Å². The maximum Gasteiger partial charge on any atom is 0.249 e. The number of nitrogens with zero attached hydrogens (tertiary/aromatic N) is 3. The van der Waals surface area contributed by atoms with E-state index in [4.69, 9.17) is 10.2 Å². The van der Waals surface area contributed by atoms with Gasteiger partial charge in [-0.05, 0) is 30.3 Å². The molecule has 0 bridgehead atoms. The molecule has 0 aliphatic heterocycles. The number of nitrogens with two attached hydrogens (primary N) is 1. The third-order valence-corrected chi connectivity index (χ3v) is 2.47. The van der Waals surface area contributed by atoms with Crippen molar-refractivity contribution in [3.05, 3.63) is 48.8 Å². The highest BCUT2D eigenvalue weighted by molar-refractivity contribution is 5.61. The van der Waals surface area contributed by atoms with Gasteiger partial charge in [0.05, 0.1) is 5.56 Å². The van der Waals surface area contributed by atoms with Crippen LogP contribution in [0.3, 0.4) is 0 Å². The zero-order valence-corrected chi connectivity index (χ0v) is 9.45. The molecule has 5 nitrogen and oxygen atoms in total. The SMILES string of the molecule is Nc1cccc(-c2nnc(-c3cccnc3)o2)c1. The second-order valence-electron chi connectivity index (χ2n) is 3.78. The monoisotopic (exact) mass is 238 g/mol. The lowest BCUT2D eigenvalue weighted by Gasteiger charge is -1.96. The molecule has 3 rings (SSSR count). The minimum absolute atomic E-state index is 0.445. The van der Waals surface area contributed by atoms with Crippen LogP contribution in [0.2, 0.25) is 0 Å². The van der Waals surface area contributed by atoms with E-state index in [1.807, 2.05) is 30.3 Å². The predicted octanol–water partition coefficient (Wildman–Crippen LogP) is 2.38. The first-order chi connectivity index (χ1) is 8.83. The van der Waals surface area contributed by atoms with Crippen molar-refractivity contribution >= 4 is 5.69 Å². The molecule has 3 aromatic rings. The molecule has 0 unspecified atom stereocenters. The summed E-state index contributed by atoms with van der Waals surface area (Å²) in [6.45, 7) is 0. The summed E-state index contributed by atoms with van der Waals surface area (Å²) >= 11 is 0. The second kappa shape index (κ2) is 4.29. The van der Waals surface area contributed by atoms with Gasteiger partial charge in [0.2, 0.25) is 11.8 Å². The minimum Gasteiger partial charge on any atom is -0.416 e. The van der Waals surface area contributed by atoms with Crippen molar-refractivity contribution < 1.29 is 4.42 Å². The number of hydrogen-bond acceptors (Lipinski definition) is 5. The van der Waals surface area contributed by atoms with E-state index in [1.54, 1.807) is 18.5 Å². The lowest BCUT2D eigenvalue weighted by molar-refractivity contribution is 0.584. The van der Waals surface area contributed by atoms with Crippen molar-refractivity contribution in [3.63, 3.8) is 0 Å². The van der Waals surface area contributed by atoms with Crippen LogP contribution < -0.4 is 5.73 Å². The van der Waals surface area contributed by atoms with Gasteiger partial charge in [-0.3, -0.25) is 4.98 Å². The Hall–Kier alpha value is -2.69. The quantitative estimate of drug-likeness (QED) is 0.693. The number of pyridine rings is 1. The van der Waals surface area contributed by atoms with Gasteiger partial charge >= 0.3 is 0 Å². The van der Waals surface area contributed by atoms with Crippen LogP contribution >= 0.6 is 0 Å². The van der Waals surface area contributed by atoms with Crippen LogP contribution in [-0.4, -0.2) is 15.2 Å². The molecule has 1 aromatic carbocycles. The first kappa shape index (κ1) is 10.5. The fraction of sp³-hybridized carbons (Fsp3) is 0. The maximum absolute atomic E-state index is 5.71. The number of benzene rings is 1. The fourth-order valence-corrected chi connectivity index (χ4v) is 1.62. The van der Waals surface area contributed by atoms with Crippen molar-refractivity contribution in [1.29, 1.82) is 0 Å². The fourth-order valence-electron chi connectivity index (χ4n) is 1.62. The number of rotatable bonds is 2. The van der Waals surface area contributed by atoms with Gasteiger partial charge in [-0.15, -0.1) is 10.2 Å². The topological polar surface area (TPSA) is 77.8 Å². The molecule has 88 valence electrons. The zero-order chi connectivity index (χ0) is 12.4. The van der Waals surface area contributed by atoms with Gasteiger partial charge in [-0.25, -0.2) is 0 Å². The summed E-state index contributed by atoms with van der Waals surface area (Å²) in [6.07, 6.45) is 3.37. The van der Waals surface area contributed by atoms with Gasteiger partial charge in [0.1, 0.15) is 0 Å². The summed E-state index contributed by atoms with van der Waals surface area (Å²) in [5, 5.41) is 8.00. The first-order valence-electron chi connectivity index (χ1n) is 5.43. The first-order valence-corrected chi connectivity index (χ1v) is 5.43. The summed E-state index contributed by atoms with van der Waals surface area (Å²) in [4.78, 5) is 4.01. The van der Waals surface area contributed by atoms with Crippen LogP contribution in [0.15, 0.2) is 53.2 Å². The molecular formula is C13H10N4O. The highest BCUT2D eigenvalue weighted by atomic mass is 16.4. The second-order valence-corrected chi connectivity index (χ2v) is 3.78. The Morgan fingerprint density at radius 3 is 2.44 bits per heavy atom. The Kier molecular flexibility index (Phi) is 2.49. The summed E-state index contributed by atoms with van der Waals surface area (Å²) in [7, 11) is 0. The molecular weight excluding hydrogens is 228 g/mol. The van der Waals surface area contributed by atoms with Gasteiger partial charge in [-0.2, -0.15) is 0 Å². The molecule has 2 N–H and O–H groups in total.